The number of hydrogen-bond donors (Lipinski definition) is 3. The summed E-state index contributed by atoms with van der Waals surface area (Å²) in [6, 6.07) is 6.75. The molecular weight excluding hydrogens is 250 g/mol. The number of nitrogens with zero attached hydrogens (tertiary/aromatic N) is 1. The van der Waals surface area contributed by atoms with E-state index in [1.165, 1.54) is 0 Å². The van der Waals surface area contributed by atoms with Gasteiger partial charge in [0.2, 0.25) is 0 Å². The molecule has 0 heterocycles. The van der Waals surface area contributed by atoms with Crippen molar-refractivity contribution >= 4 is 23.5 Å². The third-order valence-corrected chi connectivity index (χ3v) is 3.16. The minimum atomic E-state index is -0.163. The van der Waals surface area contributed by atoms with Crippen LogP contribution >= 0.6 is 11.8 Å². The molecule has 0 saturated carbocycles. The average molecular weight is 267 g/mol. The minimum absolute atomic E-state index is 0.0122. The standard InChI is InChI=1S/C12H17N3O2S/c1-8(7-18-2)14-12(16)10-5-3-4-9(6-10)11(13)15-17/h3-6,8,17H,7H2,1-2H3,(H2,13,15)(H,14,16). The first-order chi connectivity index (χ1) is 8.58. The normalized spacial score (nSPS) is 13.1. The first kappa shape index (κ1) is 14.4. The zero-order valence-corrected chi connectivity index (χ0v) is 11.2. The molecule has 0 aliphatic rings. The molecule has 6 heteroatoms. The quantitative estimate of drug-likeness (QED) is 0.324. The van der Waals surface area contributed by atoms with Crippen LogP contribution in [0.25, 0.3) is 0 Å². The highest BCUT2D eigenvalue weighted by Gasteiger charge is 2.10. The third kappa shape index (κ3) is 3.96. The van der Waals surface area contributed by atoms with Crippen LogP contribution in [-0.2, 0) is 0 Å². The molecule has 18 heavy (non-hydrogen) atoms. The second kappa shape index (κ2) is 6.90. The van der Waals surface area contributed by atoms with Crippen molar-refractivity contribution in [1.82, 2.24) is 5.32 Å². The van der Waals surface area contributed by atoms with Crippen molar-refractivity contribution in [3.8, 4) is 0 Å². The van der Waals surface area contributed by atoms with Gasteiger partial charge in [-0.3, -0.25) is 4.79 Å². The third-order valence-electron chi connectivity index (χ3n) is 2.32. The fraction of sp³-hybridized carbons (Fsp3) is 0.333. The molecule has 4 N–H and O–H groups in total. The van der Waals surface area contributed by atoms with E-state index in [2.05, 4.69) is 10.5 Å². The summed E-state index contributed by atoms with van der Waals surface area (Å²) in [5, 5.41) is 14.4. The maximum absolute atomic E-state index is 11.9. The SMILES string of the molecule is CSCC(C)NC(=O)c1cccc(/C(N)=N/O)c1. The first-order valence-corrected chi connectivity index (χ1v) is 6.85. The molecule has 0 saturated heterocycles. The molecule has 5 nitrogen and oxygen atoms in total. The van der Waals surface area contributed by atoms with Crippen molar-refractivity contribution < 1.29 is 10.0 Å². The second-order valence-corrected chi connectivity index (χ2v) is 4.81. The average Bonchev–Trinajstić information content (AvgIpc) is 2.38. The summed E-state index contributed by atoms with van der Waals surface area (Å²) in [5.74, 6) is 0.678. The number of amidine groups is 1. The van der Waals surface area contributed by atoms with Gasteiger partial charge < -0.3 is 16.3 Å². The maximum Gasteiger partial charge on any atom is 0.251 e. The molecule has 0 fully saturated rings. The van der Waals surface area contributed by atoms with Crippen LogP contribution in [0.15, 0.2) is 29.4 Å². The molecule has 0 spiro atoms. The van der Waals surface area contributed by atoms with Crippen LogP contribution in [0.3, 0.4) is 0 Å². The van der Waals surface area contributed by atoms with Gasteiger partial charge in [-0.15, -0.1) is 0 Å². The van der Waals surface area contributed by atoms with Crippen molar-refractivity contribution in [1.29, 1.82) is 0 Å². The van der Waals surface area contributed by atoms with E-state index in [0.717, 1.165) is 5.75 Å². The van der Waals surface area contributed by atoms with E-state index in [4.69, 9.17) is 10.9 Å². The van der Waals surface area contributed by atoms with E-state index < -0.39 is 0 Å². The monoisotopic (exact) mass is 267 g/mol. The van der Waals surface area contributed by atoms with Gasteiger partial charge in [-0.1, -0.05) is 17.3 Å². The van der Waals surface area contributed by atoms with Crippen LogP contribution in [0, 0.1) is 0 Å². The minimum Gasteiger partial charge on any atom is -0.409 e. The summed E-state index contributed by atoms with van der Waals surface area (Å²) in [4.78, 5) is 11.9. The Balaban J connectivity index is 2.80. The van der Waals surface area contributed by atoms with Crippen molar-refractivity contribution in [2.45, 2.75) is 13.0 Å². The van der Waals surface area contributed by atoms with E-state index in [0.29, 0.717) is 11.1 Å². The zero-order chi connectivity index (χ0) is 13.5. The molecule has 1 aromatic rings. The van der Waals surface area contributed by atoms with Gasteiger partial charge in [0, 0.05) is 22.9 Å². The van der Waals surface area contributed by atoms with Crippen LogP contribution < -0.4 is 11.1 Å². The molecule has 1 unspecified atom stereocenters. The van der Waals surface area contributed by atoms with Gasteiger partial charge in [0.05, 0.1) is 0 Å². The Hall–Kier alpha value is -1.69. The molecule has 98 valence electrons. The van der Waals surface area contributed by atoms with Gasteiger partial charge in [-0.05, 0) is 25.3 Å². The van der Waals surface area contributed by atoms with Gasteiger partial charge in [0.1, 0.15) is 0 Å². The fourth-order valence-electron chi connectivity index (χ4n) is 1.48. The van der Waals surface area contributed by atoms with Crippen LogP contribution in [0.1, 0.15) is 22.8 Å². The summed E-state index contributed by atoms with van der Waals surface area (Å²) in [5.41, 5.74) is 6.49. The van der Waals surface area contributed by atoms with Gasteiger partial charge in [-0.25, -0.2) is 0 Å². The lowest BCUT2D eigenvalue weighted by Crippen LogP contribution is -2.34. The lowest BCUT2D eigenvalue weighted by atomic mass is 10.1. The Bertz CT molecular complexity index is 449. The van der Waals surface area contributed by atoms with Crippen molar-refractivity contribution in [2.24, 2.45) is 10.9 Å². The Morgan fingerprint density at radius 2 is 2.22 bits per heavy atom. The number of amides is 1. The largest absolute Gasteiger partial charge is 0.409 e. The predicted octanol–water partition coefficient (Wildman–Crippen LogP) is 1.26. The van der Waals surface area contributed by atoms with Crippen LogP contribution in [0.5, 0.6) is 0 Å². The van der Waals surface area contributed by atoms with Crippen molar-refractivity contribution in [3.05, 3.63) is 35.4 Å². The van der Waals surface area contributed by atoms with Gasteiger partial charge in [0.25, 0.3) is 5.91 Å². The Morgan fingerprint density at radius 1 is 1.56 bits per heavy atom. The van der Waals surface area contributed by atoms with E-state index in [-0.39, 0.29) is 17.8 Å². The molecule has 1 rings (SSSR count). The molecule has 0 bridgehead atoms. The number of benzene rings is 1. The highest BCUT2D eigenvalue weighted by molar-refractivity contribution is 7.98. The lowest BCUT2D eigenvalue weighted by molar-refractivity contribution is 0.0943. The number of hydrogen-bond acceptors (Lipinski definition) is 4. The molecule has 0 aromatic heterocycles. The summed E-state index contributed by atoms with van der Waals surface area (Å²) >= 11 is 1.67. The van der Waals surface area contributed by atoms with Crippen molar-refractivity contribution in [3.63, 3.8) is 0 Å². The highest BCUT2D eigenvalue weighted by atomic mass is 32.2. The van der Waals surface area contributed by atoms with Gasteiger partial charge >= 0.3 is 0 Å². The Kier molecular flexibility index (Phi) is 5.51. The topological polar surface area (TPSA) is 87.7 Å². The van der Waals surface area contributed by atoms with E-state index in [9.17, 15) is 4.79 Å². The molecule has 0 radical (unpaired) electrons. The summed E-state index contributed by atoms with van der Waals surface area (Å²) in [6.07, 6.45) is 1.99. The number of nitrogens with one attached hydrogen (secondary N) is 1. The second-order valence-electron chi connectivity index (χ2n) is 3.90. The first-order valence-electron chi connectivity index (χ1n) is 5.46. The molecule has 0 aliphatic carbocycles. The van der Waals surface area contributed by atoms with Crippen LogP contribution in [0.4, 0.5) is 0 Å². The number of carbonyl (C=O) groups excluding carboxylic acids is 1. The van der Waals surface area contributed by atoms with E-state index in [1.807, 2.05) is 13.2 Å². The number of nitrogens with two attached hydrogens (primary N) is 1. The molecule has 0 aliphatic heterocycles. The van der Waals surface area contributed by atoms with Gasteiger partial charge in [-0.2, -0.15) is 11.8 Å². The molecular formula is C12H17N3O2S. The molecule has 1 atom stereocenters. The molecule has 1 aromatic carbocycles. The number of carbonyl (C=O) groups is 1. The smallest absolute Gasteiger partial charge is 0.251 e. The van der Waals surface area contributed by atoms with Crippen molar-refractivity contribution in [2.75, 3.05) is 12.0 Å². The predicted molar refractivity (Wildman–Crippen MR) is 74.3 cm³/mol. The Labute approximate surface area is 110 Å². The zero-order valence-electron chi connectivity index (χ0n) is 10.4. The molecule has 1 amide bonds. The summed E-state index contributed by atoms with van der Waals surface area (Å²) < 4.78 is 0. The summed E-state index contributed by atoms with van der Waals surface area (Å²) in [6.45, 7) is 1.95. The number of thioether (sulfide) groups is 1. The van der Waals surface area contributed by atoms with Gasteiger partial charge in [0.15, 0.2) is 5.84 Å². The fourth-order valence-corrected chi connectivity index (χ4v) is 2.06. The highest BCUT2D eigenvalue weighted by Crippen LogP contribution is 2.06. The van der Waals surface area contributed by atoms with E-state index >= 15 is 0 Å². The maximum atomic E-state index is 11.9. The summed E-state index contributed by atoms with van der Waals surface area (Å²) in [7, 11) is 0. The number of oxime groups is 1. The lowest BCUT2D eigenvalue weighted by Gasteiger charge is -2.12. The Morgan fingerprint density at radius 3 is 2.83 bits per heavy atom. The van der Waals surface area contributed by atoms with Crippen LogP contribution in [0.2, 0.25) is 0 Å². The van der Waals surface area contributed by atoms with Crippen LogP contribution in [-0.4, -0.2) is 35.0 Å². The van der Waals surface area contributed by atoms with E-state index in [1.54, 1.807) is 36.0 Å². The number of rotatable bonds is 5.